The monoisotopic (exact) mass is 378 g/mol. The fraction of sp³-hybridized carbons (Fsp3) is 0.650. The van der Waals surface area contributed by atoms with Gasteiger partial charge in [0.05, 0.1) is 16.9 Å². The van der Waals surface area contributed by atoms with E-state index in [-0.39, 0.29) is 23.4 Å². The van der Waals surface area contributed by atoms with Crippen LogP contribution in [0.25, 0.3) is 0 Å². The maximum Gasteiger partial charge on any atom is 0.240 e. The topological polar surface area (TPSA) is 67.8 Å². The molecule has 5 nitrogen and oxygen atoms in total. The summed E-state index contributed by atoms with van der Waals surface area (Å²) in [7, 11) is -3.54. The summed E-state index contributed by atoms with van der Waals surface area (Å²) < 4.78 is 34.4. The lowest BCUT2D eigenvalue weighted by molar-refractivity contribution is 0.219. The molecule has 3 atom stereocenters. The zero-order valence-electron chi connectivity index (χ0n) is 16.2. The predicted molar refractivity (Wildman–Crippen MR) is 104 cm³/mol. The third-order valence-corrected chi connectivity index (χ3v) is 6.90. The lowest BCUT2D eigenvalue weighted by Gasteiger charge is -2.31. The number of ether oxygens (including phenoxy) is 1. The van der Waals surface area contributed by atoms with Gasteiger partial charge >= 0.3 is 0 Å². The Hall–Kier alpha value is -1.40. The number of nitrogens with zero attached hydrogens (tertiary/aromatic N) is 1. The zero-order valence-corrected chi connectivity index (χ0v) is 17.0. The molecule has 26 heavy (non-hydrogen) atoms. The molecule has 0 bridgehead atoms. The van der Waals surface area contributed by atoms with Crippen LogP contribution in [0.5, 0.6) is 0 Å². The molecule has 1 aliphatic heterocycles. The first-order valence-electron chi connectivity index (χ1n) is 9.46. The summed E-state index contributed by atoms with van der Waals surface area (Å²) >= 11 is 0. The predicted octanol–water partition coefficient (Wildman–Crippen LogP) is 3.68. The summed E-state index contributed by atoms with van der Waals surface area (Å²) in [6, 6.07) is 6.95. The number of nitrogens with one attached hydrogen (secondary N) is 1. The smallest absolute Gasteiger partial charge is 0.240 e. The van der Waals surface area contributed by atoms with Crippen LogP contribution in [-0.4, -0.2) is 33.0 Å². The second kappa shape index (κ2) is 7.31. The molecule has 0 radical (unpaired) electrons. The van der Waals surface area contributed by atoms with Crippen molar-refractivity contribution in [1.29, 1.82) is 0 Å². The molecule has 1 saturated carbocycles. The van der Waals surface area contributed by atoms with Gasteiger partial charge in [-0.05, 0) is 37.3 Å². The summed E-state index contributed by atoms with van der Waals surface area (Å²) in [6.45, 7) is 9.01. The van der Waals surface area contributed by atoms with Gasteiger partial charge in [0.25, 0.3) is 0 Å². The molecule has 0 unspecified atom stereocenters. The van der Waals surface area contributed by atoms with Crippen molar-refractivity contribution in [2.45, 2.75) is 70.4 Å². The SMILES string of the molecule is Cc1ccc(S(=O)(=O)N[C@@H]2CCCC[C@H]2C2=N[C@@H](C(C)(C)C)CO2)cc1. The Bertz CT molecular complexity index is 763. The van der Waals surface area contributed by atoms with E-state index in [0.717, 1.165) is 37.1 Å². The van der Waals surface area contributed by atoms with Gasteiger partial charge in [-0.3, -0.25) is 0 Å². The minimum Gasteiger partial charge on any atom is -0.478 e. The van der Waals surface area contributed by atoms with Gasteiger partial charge < -0.3 is 4.74 Å². The molecule has 6 heteroatoms. The molecule has 0 aromatic heterocycles. The number of hydrogen-bond acceptors (Lipinski definition) is 4. The highest BCUT2D eigenvalue weighted by Crippen LogP contribution is 2.33. The minimum absolute atomic E-state index is 0.0244. The standard InChI is InChI=1S/C20H30N2O3S/c1-14-9-11-15(12-10-14)26(23,24)22-17-8-6-5-7-16(17)19-21-18(13-25-19)20(2,3)4/h9-12,16-18,22H,5-8,13H2,1-4H3/t16-,17-,18-/m1/s1. The number of rotatable bonds is 4. The summed E-state index contributed by atoms with van der Waals surface area (Å²) in [5, 5.41) is 0. The molecular formula is C20H30N2O3S. The van der Waals surface area contributed by atoms with Crippen molar-refractivity contribution in [3.63, 3.8) is 0 Å². The molecule has 1 aromatic rings. The highest BCUT2D eigenvalue weighted by atomic mass is 32.2. The van der Waals surface area contributed by atoms with E-state index in [1.807, 2.05) is 19.1 Å². The third-order valence-electron chi connectivity index (χ3n) is 5.39. The molecule has 0 spiro atoms. The van der Waals surface area contributed by atoms with Crippen molar-refractivity contribution < 1.29 is 13.2 Å². The first-order valence-corrected chi connectivity index (χ1v) is 10.9. The molecule has 1 fully saturated rings. The largest absolute Gasteiger partial charge is 0.478 e. The second-order valence-corrected chi connectivity index (χ2v) is 10.3. The number of sulfonamides is 1. The van der Waals surface area contributed by atoms with Gasteiger partial charge in [-0.15, -0.1) is 0 Å². The van der Waals surface area contributed by atoms with E-state index in [1.165, 1.54) is 0 Å². The average molecular weight is 379 g/mol. The second-order valence-electron chi connectivity index (χ2n) is 8.59. The Morgan fingerprint density at radius 2 is 1.77 bits per heavy atom. The van der Waals surface area contributed by atoms with Crippen LogP contribution in [-0.2, 0) is 14.8 Å². The van der Waals surface area contributed by atoms with Gasteiger partial charge in [0.2, 0.25) is 10.0 Å². The van der Waals surface area contributed by atoms with E-state index in [2.05, 4.69) is 25.5 Å². The highest BCUT2D eigenvalue weighted by Gasteiger charge is 2.38. The molecule has 0 saturated heterocycles. The van der Waals surface area contributed by atoms with E-state index < -0.39 is 10.0 Å². The van der Waals surface area contributed by atoms with Gasteiger partial charge in [-0.2, -0.15) is 0 Å². The van der Waals surface area contributed by atoms with Crippen molar-refractivity contribution in [3.8, 4) is 0 Å². The lowest BCUT2D eigenvalue weighted by atomic mass is 9.84. The van der Waals surface area contributed by atoms with E-state index in [1.54, 1.807) is 12.1 Å². The molecule has 1 N–H and O–H groups in total. The molecule has 144 valence electrons. The number of aliphatic imine (C=N–C) groups is 1. The van der Waals surface area contributed by atoms with Crippen LogP contribution in [0.15, 0.2) is 34.2 Å². The summed E-state index contributed by atoms with van der Waals surface area (Å²) in [5.74, 6) is 0.762. The fourth-order valence-electron chi connectivity index (χ4n) is 3.59. The number of hydrogen-bond donors (Lipinski definition) is 1. The van der Waals surface area contributed by atoms with Crippen LogP contribution in [0.2, 0.25) is 0 Å². The van der Waals surface area contributed by atoms with Crippen LogP contribution in [0.1, 0.15) is 52.0 Å². The maximum atomic E-state index is 12.8. The quantitative estimate of drug-likeness (QED) is 0.869. The average Bonchev–Trinajstić information content (AvgIpc) is 3.05. The first-order chi connectivity index (χ1) is 12.2. The Balaban J connectivity index is 1.78. The van der Waals surface area contributed by atoms with Crippen LogP contribution in [0.3, 0.4) is 0 Å². The van der Waals surface area contributed by atoms with E-state index in [9.17, 15) is 8.42 Å². The molecule has 0 amide bonds. The molecule has 1 heterocycles. The van der Waals surface area contributed by atoms with Crippen molar-refractivity contribution in [1.82, 2.24) is 4.72 Å². The fourth-order valence-corrected chi connectivity index (χ4v) is 4.90. The van der Waals surface area contributed by atoms with E-state index >= 15 is 0 Å². The van der Waals surface area contributed by atoms with Gasteiger partial charge in [0, 0.05) is 6.04 Å². The van der Waals surface area contributed by atoms with Crippen molar-refractivity contribution in [2.75, 3.05) is 6.61 Å². The van der Waals surface area contributed by atoms with E-state index in [4.69, 9.17) is 9.73 Å². The molecule has 1 aliphatic carbocycles. The van der Waals surface area contributed by atoms with Crippen LogP contribution >= 0.6 is 0 Å². The molecule has 1 aromatic carbocycles. The van der Waals surface area contributed by atoms with E-state index in [0.29, 0.717) is 11.5 Å². The Morgan fingerprint density at radius 3 is 2.38 bits per heavy atom. The minimum atomic E-state index is -3.54. The van der Waals surface area contributed by atoms with Gasteiger partial charge in [-0.1, -0.05) is 51.3 Å². The summed E-state index contributed by atoms with van der Waals surface area (Å²) in [4.78, 5) is 5.12. The van der Waals surface area contributed by atoms with Gasteiger partial charge in [0.1, 0.15) is 6.61 Å². The Morgan fingerprint density at radius 1 is 1.12 bits per heavy atom. The van der Waals surface area contributed by atoms with Crippen LogP contribution in [0, 0.1) is 18.3 Å². The summed E-state index contributed by atoms with van der Waals surface area (Å²) in [5.41, 5.74) is 1.09. The Labute approximate surface area is 157 Å². The third kappa shape index (κ3) is 4.29. The highest BCUT2D eigenvalue weighted by molar-refractivity contribution is 7.89. The molecule has 3 rings (SSSR count). The molecule has 2 aliphatic rings. The Kier molecular flexibility index (Phi) is 5.45. The van der Waals surface area contributed by atoms with Gasteiger partial charge in [0.15, 0.2) is 5.90 Å². The van der Waals surface area contributed by atoms with Crippen molar-refractivity contribution in [2.24, 2.45) is 16.3 Å². The normalized spacial score (nSPS) is 27.1. The number of benzene rings is 1. The molecular weight excluding hydrogens is 348 g/mol. The maximum absolute atomic E-state index is 12.8. The van der Waals surface area contributed by atoms with Crippen molar-refractivity contribution >= 4 is 15.9 Å². The first kappa shape index (κ1) is 19.4. The lowest BCUT2D eigenvalue weighted by Crippen LogP contribution is -2.45. The van der Waals surface area contributed by atoms with Crippen LogP contribution < -0.4 is 4.72 Å². The van der Waals surface area contributed by atoms with Crippen molar-refractivity contribution in [3.05, 3.63) is 29.8 Å². The zero-order chi connectivity index (χ0) is 18.9. The number of aryl methyl sites for hydroxylation is 1. The van der Waals surface area contributed by atoms with Gasteiger partial charge in [-0.25, -0.2) is 18.1 Å². The summed E-state index contributed by atoms with van der Waals surface area (Å²) in [6.07, 6.45) is 3.83. The van der Waals surface area contributed by atoms with Crippen LogP contribution in [0.4, 0.5) is 0 Å².